The van der Waals surface area contributed by atoms with Crippen molar-refractivity contribution in [3.8, 4) is 0 Å². The molecule has 3 unspecified atom stereocenters. The number of hydrogen-bond acceptors (Lipinski definition) is 5. The molecule has 0 bridgehead atoms. The third-order valence-electron chi connectivity index (χ3n) is 8.35. The van der Waals surface area contributed by atoms with E-state index in [1.165, 1.54) is 6.42 Å². The summed E-state index contributed by atoms with van der Waals surface area (Å²) >= 11 is 12.8. The fourth-order valence-electron chi connectivity index (χ4n) is 5.90. The number of allylic oxidation sites excluding steroid dienone is 2. The number of fused-ring (bicyclic) bond motifs is 1. The third kappa shape index (κ3) is 5.13. The zero-order valence-corrected chi connectivity index (χ0v) is 22.7. The minimum absolute atomic E-state index is 0.0367. The van der Waals surface area contributed by atoms with E-state index in [0.29, 0.717) is 5.92 Å². The Morgan fingerprint density at radius 2 is 1.78 bits per heavy atom. The van der Waals surface area contributed by atoms with Crippen LogP contribution in [0.25, 0.3) is 5.57 Å². The molecule has 2 aromatic carbocycles. The fraction of sp³-hybridized carbons (Fsp3) is 0.433. The molecule has 4 aliphatic rings. The van der Waals surface area contributed by atoms with Crippen LogP contribution in [0.5, 0.6) is 0 Å². The normalized spacial score (nSPS) is 25.5. The van der Waals surface area contributed by atoms with Crippen molar-refractivity contribution in [3.63, 3.8) is 0 Å². The van der Waals surface area contributed by atoms with Gasteiger partial charge in [0.2, 0.25) is 0 Å². The summed E-state index contributed by atoms with van der Waals surface area (Å²) in [5.74, 6) is 0.461. The summed E-state index contributed by atoms with van der Waals surface area (Å²) in [5.41, 5.74) is 5.50. The Morgan fingerprint density at radius 3 is 2.46 bits per heavy atom. The number of piperazine rings is 1. The number of nitrogens with zero attached hydrogens (tertiary/aromatic N) is 4. The van der Waals surface area contributed by atoms with E-state index in [9.17, 15) is 5.11 Å². The largest absolute Gasteiger partial charge is 0.378 e. The molecule has 3 aliphatic heterocycles. The number of rotatable bonds is 6. The van der Waals surface area contributed by atoms with Crippen molar-refractivity contribution >= 4 is 34.5 Å². The van der Waals surface area contributed by atoms with Crippen LogP contribution in [-0.2, 0) is 0 Å². The lowest BCUT2D eigenvalue weighted by Crippen LogP contribution is -2.56. The Morgan fingerprint density at radius 1 is 1.03 bits per heavy atom. The zero-order chi connectivity index (χ0) is 25.5. The monoisotopic (exact) mass is 536 g/mol. The molecule has 3 atom stereocenters. The molecule has 0 aromatic heterocycles. The number of halogens is 2. The van der Waals surface area contributed by atoms with Gasteiger partial charge in [0.15, 0.2) is 0 Å². The molecule has 0 spiro atoms. The molecule has 194 valence electrons. The molecule has 0 amide bonds. The van der Waals surface area contributed by atoms with Gasteiger partial charge in [-0.25, -0.2) is 0 Å². The van der Waals surface area contributed by atoms with E-state index in [1.807, 2.05) is 18.2 Å². The second-order valence-corrected chi connectivity index (χ2v) is 11.6. The summed E-state index contributed by atoms with van der Waals surface area (Å²) < 4.78 is 0. The Labute approximate surface area is 229 Å². The smallest absolute Gasteiger partial charge is 0.141 e. The predicted molar refractivity (Wildman–Crippen MR) is 152 cm³/mol. The molecule has 2 fully saturated rings. The van der Waals surface area contributed by atoms with Crippen LogP contribution in [0, 0.1) is 12.8 Å². The molecule has 2 aromatic rings. The molecule has 3 heterocycles. The van der Waals surface area contributed by atoms with Crippen molar-refractivity contribution in [2.45, 2.75) is 44.6 Å². The molecule has 1 saturated carbocycles. The van der Waals surface area contributed by atoms with E-state index >= 15 is 0 Å². The summed E-state index contributed by atoms with van der Waals surface area (Å²) in [6, 6.07) is 14.4. The molecule has 0 radical (unpaired) electrons. The lowest BCUT2D eigenvalue weighted by molar-refractivity contribution is -0.0816. The summed E-state index contributed by atoms with van der Waals surface area (Å²) in [6.45, 7) is 6.64. The highest BCUT2D eigenvalue weighted by Gasteiger charge is 2.38. The summed E-state index contributed by atoms with van der Waals surface area (Å²) in [6.07, 6.45) is 9.81. The first-order chi connectivity index (χ1) is 18.0. The van der Waals surface area contributed by atoms with Crippen LogP contribution in [-0.4, -0.2) is 76.7 Å². The molecular weight excluding hydrogens is 503 g/mol. The zero-order valence-electron chi connectivity index (χ0n) is 21.2. The average Bonchev–Trinajstić information content (AvgIpc) is 3.21. The van der Waals surface area contributed by atoms with Gasteiger partial charge in [0.05, 0.1) is 11.8 Å². The van der Waals surface area contributed by atoms with Gasteiger partial charge in [-0.15, -0.1) is 0 Å². The number of hydrogen-bond donors (Lipinski definition) is 1. The van der Waals surface area contributed by atoms with Gasteiger partial charge in [-0.2, -0.15) is 0 Å². The van der Waals surface area contributed by atoms with E-state index in [1.54, 1.807) is 0 Å². The highest BCUT2D eigenvalue weighted by molar-refractivity contribution is 6.32. The third-order valence-corrected chi connectivity index (χ3v) is 8.91. The van der Waals surface area contributed by atoms with E-state index in [-0.39, 0.29) is 18.4 Å². The minimum Gasteiger partial charge on any atom is -0.378 e. The van der Waals surface area contributed by atoms with Crippen molar-refractivity contribution in [2.75, 3.05) is 32.7 Å². The van der Waals surface area contributed by atoms with E-state index in [4.69, 9.17) is 28.2 Å². The number of aliphatic hydroxyl groups is 1. The SMILES string of the molecule is Cc1ccc(C2=CN3C(C=C2)N=C(c2ccc(Cl)cc2)C3CN2CCN(C(O)C3CCC3)CC2)c(Cl)c1. The minimum atomic E-state index is -0.282. The number of aryl methyl sites for hydroxylation is 1. The lowest BCUT2D eigenvalue weighted by Gasteiger charge is -2.43. The average molecular weight is 538 g/mol. The van der Waals surface area contributed by atoms with E-state index in [2.05, 4.69) is 64.2 Å². The summed E-state index contributed by atoms with van der Waals surface area (Å²) in [4.78, 5) is 12.3. The first-order valence-corrected chi connectivity index (χ1v) is 14.1. The Hall–Kier alpha value is -2.15. The van der Waals surface area contributed by atoms with Gasteiger partial charge in [0, 0.05) is 54.5 Å². The molecule has 1 N–H and O–H groups in total. The fourth-order valence-corrected chi connectivity index (χ4v) is 6.37. The number of aliphatic hydroxyl groups excluding tert-OH is 1. The van der Waals surface area contributed by atoms with Crippen molar-refractivity contribution in [3.05, 3.63) is 87.6 Å². The van der Waals surface area contributed by atoms with Crippen molar-refractivity contribution in [1.29, 1.82) is 0 Å². The van der Waals surface area contributed by atoms with Crippen LogP contribution in [0.3, 0.4) is 0 Å². The number of benzene rings is 2. The van der Waals surface area contributed by atoms with E-state index in [0.717, 1.165) is 83.6 Å². The first kappa shape index (κ1) is 25.1. The maximum atomic E-state index is 10.8. The maximum absolute atomic E-state index is 10.8. The Kier molecular flexibility index (Phi) is 7.17. The van der Waals surface area contributed by atoms with Crippen LogP contribution < -0.4 is 0 Å². The van der Waals surface area contributed by atoms with Crippen molar-refractivity contribution in [2.24, 2.45) is 10.9 Å². The molecule has 7 heteroatoms. The van der Waals surface area contributed by atoms with Crippen LogP contribution in [0.15, 0.2) is 65.8 Å². The highest BCUT2D eigenvalue weighted by Crippen LogP contribution is 2.35. The molecular formula is C30H34Cl2N4O. The van der Waals surface area contributed by atoms with Gasteiger partial charge in [0.1, 0.15) is 12.4 Å². The van der Waals surface area contributed by atoms with Crippen molar-refractivity contribution in [1.82, 2.24) is 14.7 Å². The van der Waals surface area contributed by atoms with Gasteiger partial charge in [0.25, 0.3) is 0 Å². The molecule has 6 rings (SSSR count). The van der Waals surface area contributed by atoms with Crippen LogP contribution >= 0.6 is 23.2 Å². The van der Waals surface area contributed by atoms with Gasteiger partial charge >= 0.3 is 0 Å². The molecule has 1 saturated heterocycles. The second kappa shape index (κ2) is 10.5. The topological polar surface area (TPSA) is 42.3 Å². The summed E-state index contributed by atoms with van der Waals surface area (Å²) in [5, 5.41) is 12.3. The van der Waals surface area contributed by atoms with Crippen LogP contribution in [0.2, 0.25) is 10.0 Å². The van der Waals surface area contributed by atoms with Crippen LogP contribution in [0.1, 0.15) is 36.0 Å². The second-order valence-electron chi connectivity index (χ2n) is 10.8. The predicted octanol–water partition coefficient (Wildman–Crippen LogP) is 5.45. The Bertz CT molecular complexity index is 1230. The van der Waals surface area contributed by atoms with Crippen molar-refractivity contribution < 1.29 is 5.11 Å². The van der Waals surface area contributed by atoms with Gasteiger partial charge in [-0.1, -0.05) is 60.0 Å². The first-order valence-electron chi connectivity index (χ1n) is 13.4. The van der Waals surface area contributed by atoms with Gasteiger partial charge in [-0.3, -0.25) is 14.8 Å². The van der Waals surface area contributed by atoms with Gasteiger partial charge in [-0.05, 0) is 66.7 Å². The number of aliphatic imine (C=N–C) groups is 1. The summed E-state index contributed by atoms with van der Waals surface area (Å²) in [7, 11) is 0. The lowest BCUT2D eigenvalue weighted by atomic mass is 9.83. The van der Waals surface area contributed by atoms with Gasteiger partial charge < -0.3 is 10.0 Å². The standard InChI is InChI=1S/C30H34Cl2N4O/c1-20-5-11-25(26(32)17-20)23-8-12-28-33-29(21-6-9-24(31)10-7-21)27(36(28)18-23)19-34-13-15-35(16-14-34)30(37)22-3-2-4-22/h5-12,17-18,22,27-28,30,37H,2-4,13-16,19H2,1H3. The van der Waals surface area contributed by atoms with Crippen LogP contribution in [0.4, 0.5) is 0 Å². The molecule has 1 aliphatic carbocycles. The highest BCUT2D eigenvalue weighted by atomic mass is 35.5. The Balaban J connectivity index is 1.24. The quantitative estimate of drug-likeness (QED) is 0.533. The van der Waals surface area contributed by atoms with E-state index < -0.39 is 0 Å². The maximum Gasteiger partial charge on any atom is 0.141 e. The molecule has 5 nitrogen and oxygen atoms in total. The molecule has 37 heavy (non-hydrogen) atoms.